The van der Waals surface area contributed by atoms with Crippen molar-refractivity contribution in [1.82, 2.24) is 4.98 Å². The molecule has 2 aromatic rings. The monoisotopic (exact) mass is 286 g/mol. The first-order chi connectivity index (χ1) is 10.1. The zero-order chi connectivity index (χ0) is 15.2. The van der Waals surface area contributed by atoms with E-state index >= 15 is 0 Å². The first kappa shape index (κ1) is 15.2. The van der Waals surface area contributed by atoms with E-state index in [1.165, 1.54) is 12.1 Å². The fourth-order valence-corrected chi connectivity index (χ4v) is 2.08. The lowest BCUT2D eigenvalue weighted by molar-refractivity contribution is -0.119. The maximum absolute atomic E-state index is 13.1. The van der Waals surface area contributed by atoms with E-state index in [-0.39, 0.29) is 17.6 Å². The van der Waals surface area contributed by atoms with E-state index in [9.17, 15) is 9.18 Å². The van der Waals surface area contributed by atoms with E-state index in [4.69, 9.17) is 0 Å². The molecule has 1 heterocycles. The van der Waals surface area contributed by atoms with Gasteiger partial charge in [-0.15, -0.1) is 0 Å². The van der Waals surface area contributed by atoms with Crippen molar-refractivity contribution in [2.75, 3.05) is 4.90 Å². The van der Waals surface area contributed by atoms with Gasteiger partial charge < -0.3 is 4.90 Å². The molecule has 0 spiro atoms. The van der Waals surface area contributed by atoms with E-state index < -0.39 is 0 Å². The molecule has 1 amide bonds. The Balaban J connectivity index is 2.25. The fraction of sp³-hybridized carbons (Fsp3) is 0.294. The molecule has 0 saturated heterocycles. The summed E-state index contributed by atoms with van der Waals surface area (Å²) in [5.41, 5.74) is 1.64. The highest BCUT2D eigenvalue weighted by Gasteiger charge is 2.17. The van der Waals surface area contributed by atoms with Gasteiger partial charge in [-0.25, -0.2) is 4.39 Å². The Hall–Kier alpha value is -2.23. The standard InChI is InChI=1S/C17H19FN2O/c1-13(2)10-17(21)20(12-14-4-3-9-19-11-14)16-7-5-15(18)6-8-16/h3-9,11,13H,10,12H2,1-2H3. The highest BCUT2D eigenvalue weighted by atomic mass is 19.1. The van der Waals surface area contributed by atoms with Crippen LogP contribution in [0.25, 0.3) is 0 Å². The van der Waals surface area contributed by atoms with Gasteiger partial charge in [-0.3, -0.25) is 9.78 Å². The molecule has 1 aromatic carbocycles. The minimum Gasteiger partial charge on any atom is -0.308 e. The van der Waals surface area contributed by atoms with Crippen molar-refractivity contribution >= 4 is 11.6 Å². The summed E-state index contributed by atoms with van der Waals surface area (Å²) in [6.07, 6.45) is 3.89. The summed E-state index contributed by atoms with van der Waals surface area (Å²) in [5.74, 6) is -0.00815. The number of aromatic nitrogens is 1. The first-order valence-corrected chi connectivity index (χ1v) is 7.01. The van der Waals surface area contributed by atoms with E-state index in [0.29, 0.717) is 18.7 Å². The molecule has 0 aliphatic rings. The number of pyridine rings is 1. The highest BCUT2D eigenvalue weighted by molar-refractivity contribution is 5.93. The second kappa shape index (κ2) is 6.97. The fourth-order valence-electron chi connectivity index (χ4n) is 2.08. The van der Waals surface area contributed by atoms with Crippen molar-refractivity contribution < 1.29 is 9.18 Å². The quantitative estimate of drug-likeness (QED) is 0.837. The maximum atomic E-state index is 13.1. The Kier molecular flexibility index (Phi) is 5.04. The van der Waals surface area contributed by atoms with Gasteiger partial charge in [0.1, 0.15) is 5.82 Å². The van der Waals surface area contributed by atoms with Crippen molar-refractivity contribution in [1.29, 1.82) is 0 Å². The van der Waals surface area contributed by atoms with Crippen LogP contribution in [-0.4, -0.2) is 10.9 Å². The smallest absolute Gasteiger partial charge is 0.227 e. The third kappa shape index (κ3) is 4.38. The van der Waals surface area contributed by atoms with E-state index in [0.717, 1.165) is 5.56 Å². The Morgan fingerprint density at radius 1 is 1.24 bits per heavy atom. The van der Waals surface area contributed by atoms with Gasteiger partial charge in [0.25, 0.3) is 0 Å². The van der Waals surface area contributed by atoms with Gasteiger partial charge in [0.2, 0.25) is 5.91 Å². The second-order valence-corrected chi connectivity index (χ2v) is 5.42. The van der Waals surface area contributed by atoms with Gasteiger partial charge in [-0.05, 0) is 41.8 Å². The summed E-state index contributed by atoms with van der Waals surface area (Å²) in [5, 5.41) is 0. The van der Waals surface area contributed by atoms with Crippen molar-refractivity contribution in [2.45, 2.75) is 26.8 Å². The number of rotatable bonds is 5. The number of nitrogens with zero attached hydrogens (tertiary/aromatic N) is 2. The van der Waals surface area contributed by atoms with Crippen LogP contribution in [0.2, 0.25) is 0 Å². The number of halogens is 1. The highest BCUT2D eigenvalue weighted by Crippen LogP contribution is 2.20. The van der Waals surface area contributed by atoms with Gasteiger partial charge in [0, 0.05) is 24.5 Å². The normalized spacial score (nSPS) is 10.7. The molecule has 0 bridgehead atoms. The number of amides is 1. The zero-order valence-electron chi connectivity index (χ0n) is 12.3. The van der Waals surface area contributed by atoms with E-state index in [2.05, 4.69) is 4.98 Å². The van der Waals surface area contributed by atoms with Crippen LogP contribution < -0.4 is 4.90 Å². The van der Waals surface area contributed by atoms with Gasteiger partial charge in [0.05, 0.1) is 6.54 Å². The van der Waals surface area contributed by atoms with Crippen LogP contribution in [0.5, 0.6) is 0 Å². The second-order valence-electron chi connectivity index (χ2n) is 5.42. The Morgan fingerprint density at radius 2 is 1.95 bits per heavy atom. The summed E-state index contributed by atoms with van der Waals surface area (Å²) in [6, 6.07) is 9.76. The Labute approximate surface area is 124 Å². The lowest BCUT2D eigenvalue weighted by atomic mass is 10.1. The van der Waals surface area contributed by atoms with Gasteiger partial charge in [-0.2, -0.15) is 0 Å². The van der Waals surface area contributed by atoms with Gasteiger partial charge in [-0.1, -0.05) is 19.9 Å². The van der Waals surface area contributed by atoms with E-state index in [1.54, 1.807) is 29.4 Å². The SMILES string of the molecule is CC(C)CC(=O)N(Cc1cccnc1)c1ccc(F)cc1. The van der Waals surface area contributed by atoms with Crippen LogP contribution >= 0.6 is 0 Å². The predicted octanol–water partition coefficient (Wildman–Crippen LogP) is 3.80. The topological polar surface area (TPSA) is 33.2 Å². The molecule has 2 rings (SSSR count). The van der Waals surface area contributed by atoms with Crippen LogP contribution in [0.3, 0.4) is 0 Å². The van der Waals surface area contributed by atoms with E-state index in [1.807, 2.05) is 26.0 Å². The minimum absolute atomic E-state index is 0.0282. The van der Waals surface area contributed by atoms with Crippen LogP contribution in [0.15, 0.2) is 48.8 Å². The average molecular weight is 286 g/mol. The number of carbonyl (C=O) groups excluding carboxylic acids is 1. The molecule has 21 heavy (non-hydrogen) atoms. The summed E-state index contributed by atoms with van der Waals surface area (Å²) >= 11 is 0. The van der Waals surface area contributed by atoms with Gasteiger partial charge in [0.15, 0.2) is 0 Å². The summed E-state index contributed by atoms with van der Waals surface area (Å²) in [7, 11) is 0. The first-order valence-electron chi connectivity index (χ1n) is 7.01. The lowest BCUT2D eigenvalue weighted by Gasteiger charge is -2.24. The number of hydrogen-bond donors (Lipinski definition) is 0. The molecule has 0 saturated carbocycles. The summed E-state index contributed by atoms with van der Waals surface area (Å²) < 4.78 is 13.1. The third-order valence-corrected chi connectivity index (χ3v) is 3.09. The third-order valence-electron chi connectivity index (χ3n) is 3.09. The number of carbonyl (C=O) groups is 1. The molecule has 0 aliphatic heterocycles. The molecule has 0 aliphatic carbocycles. The van der Waals surface area contributed by atoms with Crippen LogP contribution in [0.1, 0.15) is 25.8 Å². The molecule has 1 aromatic heterocycles. The molecule has 3 nitrogen and oxygen atoms in total. The zero-order valence-corrected chi connectivity index (χ0v) is 12.3. The number of benzene rings is 1. The van der Waals surface area contributed by atoms with Gasteiger partial charge >= 0.3 is 0 Å². The number of anilines is 1. The molecule has 110 valence electrons. The van der Waals surface area contributed by atoms with Crippen molar-refractivity contribution in [3.63, 3.8) is 0 Å². The molecular formula is C17H19FN2O. The van der Waals surface area contributed by atoms with Crippen LogP contribution in [-0.2, 0) is 11.3 Å². The largest absolute Gasteiger partial charge is 0.308 e. The lowest BCUT2D eigenvalue weighted by Crippen LogP contribution is -2.31. The van der Waals surface area contributed by atoms with Crippen molar-refractivity contribution in [3.8, 4) is 0 Å². The summed E-state index contributed by atoms with van der Waals surface area (Å²) in [6.45, 7) is 4.45. The molecule has 0 unspecified atom stereocenters. The Bertz CT molecular complexity index is 581. The molecule has 0 radical (unpaired) electrons. The number of hydrogen-bond acceptors (Lipinski definition) is 2. The summed E-state index contributed by atoms with van der Waals surface area (Å²) in [4.78, 5) is 18.2. The molecule has 0 atom stereocenters. The van der Waals surface area contributed by atoms with Crippen molar-refractivity contribution in [2.24, 2.45) is 5.92 Å². The van der Waals surface area contributed by atoms with Crippen molar-refractivity contribution in [3.05, 3.63) is 60.2 Å². The molecular weight excluding hydrogens is 267 g/mol. The predicted molar refractivity (Wildman–Crippen MR) is 81.3 cm³/mol. The van der Waals surface area contributed by atoms with Crippen LogP contribution in [0.4, 0.5) is 10.1 Å². The molecule has 4 heteroatoms. The van der Waals surface area contributed by atoms with Crippen LogP contribution in [0, 0.1) is 11.7 Å². The maximum Gasteiger partial charge on any atom is 0.227 e. The minimum atomic E-state index is -0.309. The Morgan fingerprint density at radius 3 is 2.52 bits per heavy atom. The molecule has 0 fully saturated rings. The molecule has 0 N–H and O–H groups in total. The average Bonchev–Trinajstić information content (AvgIpc) is 2.46.